The lowest BCUT2D eigenvalue weighted by Gasteiger charge is -2.34. The predicted molar refractivity (Wildman–Crippen MR) is 82.8 cm³/mol. The third kappa shape index (κ3) is 3.87. The van der Waals surface area contributed by atoms with E-state index in [1.807, 2.05) is 17.5 Å². The molecule has 1 aromatic heterocycles. The molecule has 102 valence electrons. The highest BCUT2D eigenvalue weighted by Crippen LogP contribution is 2.30. The number of hydrogen-bond donors (Lipinski definition) is 1. The minimum absolute atomic E-state index is 0.708. The van der Waals surface area contributed by atoms with E-state index in [4.69, 9.17) is 0 Å². The van der Waals surface area contributed by atoms with Crippen LogP contribution in [0.1, 0.15) is 32.1 Å². The molecule has 0 aliphatic carbocycles. The zero-order chi connectivity index (χ0) is 13.0. The van der Waals surface area contributed by atoms with E-state index in [0.717, 1.165) is 26.2 Å². The van der Waals surface area contributed by atoms with Crippen molar-refractivity contribution in [3.05, 3.63) is 11.1 Å². The fourth-order valence-corrected chi connectivity index (χ4v) is 4.47. The van der Waals surface area contributed by atoms with Crippen LogP contribution in [0.25, 0.3) is 0 Å². The van der Waals surface area contributed by atoms with Crippen LogP contribution in [0.15, 0.2) is 6.20 Å². The Kier molecular flexibility index (Phi) is 5.33. The van der Waals surface area contributed by atoms with Gasteiger partial charge in [-0.1, -0.05) is 20.8 Å². The summed E-state index contributed by atoms with van der Waals surface area (Å²) >= 11 is 3.92. The van der Waals surface area contributed by atoms with Crippen LogP contribution in [0.3, 0.4) is 0 Å². The third-order valence-corrected chi connectivity index (χ3v) is 5.24. The molecule has 18 heavy (non-hydrogen) atoms. The molecule has 0 aromatic carbocycles. The Labute approximate surface area is 118 Å². The number of rotatable bonds is 5. The summed E-state index contributed by atoms with van der Waals surface area (Å²) < 4.78 is 0. The minimum Gasteiger partial charge on any atom is -0.346 e. The SMILES string of the molecule is CCCNCc1cnc(N2CC(C)SC(C)C2)s1. The number of hydrogen-bond acceptors (Lipinski definition) is 5. The molecule has 1 aromatic rings. The first-order valence-corrected chi connectivity index (χ1v) is 8.50. The monoisotopic (exact) mass is 285 g/mol. The van der Waals surface area contributed by atoms with Crippen molar-refractivity contribution < 1.29 is 0 Å². The number of nitrogens with one attached hydrogen (secondary N) is 1. The van der Waals surface area contributed by atoms with E-state index >= 15 is 0 Å². The molecule has 2 atom stereocenters. The van der Waals surface area contributed by atoms with Gasteiger partial charge in [0.15, 0.2) is 5.13 Å². The van der Waals surface area contributed by atoms with Crippen LogP contribution in [0.5, 0.6) is 0 Å². The smallest absolute Gasteiger partial charge is 0.185 e. The standard InChI is InChI=1S/C13H23N3S2/c1-4-5-14-6-12-7-15-13(18-12)16-8-10(2)17-11(3)9-16/h7,10-11,14H,4-6,8-9H2,1-3H3. The van der Waals surface area contributed by atoms with Crippen LogP contribution in [-0.2, 0) is 6.54 Å². The normalized spacial score (nSPS) is 24.5. The van der Waals surface area contributed by atoms with Crippen molar-refractivity contribution in [2.45, 2.75) is 44.2 Å². The maximum absolute atomic E-state index is 4.58. The first kappa shape index (κ1) is 14.2. The van der Waals surface area contributed by atoms with Gasteiger partial charge in [0, 0.05) is 41.2 Å². The summed E-state index contributed by atoms with van der Waals surface area (Å²) in [7, 11) is 0. The van der Waals surface area contributed by atoms with E-state index in [9.17, 15) is 0 Å². The van der Waals surface area contributed by atoms with Crippen LogP contribution in [0, 0.1) is 0 Å². The average molecular weight is 285 g/mol. The molecule has 0 radical (unpaired) electrons. The van der Waals surface area contributed by atoms with Gasteiger partial charge in [0.1, 0.15) is 0 Å². The van der Waals surface area contributed by atoms with Gasteiger partial charge in [-0.15, -0.1) is 11.3 Å². The Bertz CT molecular complexity index is 357. The summed E-state index contributed by atoms with van der Waals surface area (Å²) in [5.41, 5.74) is 0. The van der Waals surface area contributed by atoms with Gasteiger partial charge >= 0.3 is 0 Å². The molecule has 2 rings (SSSR count). The highest BCUT2D eigenvalue weighted by molar-refractivity contribution is 8.00. The Morgan fingerprint density at radius 1 is 1.39 bits per heavy atom. The van der Waals surface area contributed by atoms with Crippen LogP contribution in [-0.4, -0.2) is 35.1 Å². The van der Waals surface area contributed by atoms with Crippen LogP contribution in [0.2, 0.25) is 0 Å². The van der Waals surface area contributed by atoms with Crippen molar-refractivity contribution in [2.24, 2.45) is 0 Å². The zero-order valence-electron chi connectivity index (χ0n) is 11.5. The predicted octanol–water partition coefficient (Wildman–Crippen LogP) is 2.97. The number of aromatic nitrogens is 1. The molecule has 1 N–H and O–H groups in total. The van der Waals surface area contributed by atoms with Gasteiger partial charge in [0.05, 0.1) is 0 Å². The minimum atomic E-state index is 0.708. The van der Waals surface area contributed by atoms with Crippen molar-refractivity contribution in [1.29, 1.82) is 0 Å². The summed E-state index contributed by atoms with van der Waals surface area (Å²) in [6.45, 7) is 11.1. The Hall–Kier alpha value is -0.260. The Balaban J connectivity index is 1.92. The molecule has 1 fully saturated rings. The molecule has 2 heterocycles. The molecule has 0 saturated carbocycles. The van der Waals surface area contributed by atoms with Gasteiger partial charge in [0.25, 0.3) is 0 Å². The first-order chi connectivity index (χ1) is 8.69. The molecule has 5 heteroatoms. The molecular formula is C13H23N3S2. The molecule has 1 saturated heterocycles. The maximum Gasteiger partial charge on any atom is 0.185 e. The zero-order valence-corrected chi connectivity index (χ0v) is 13.1. The van der Waals surface area contributed by atoms with E-state index in [-0.39, 0.29) is 0 Å². The Morgan fingerprint density at radius 3 is 2.78 bits per heavy atom. The number of nitrogens with zero attached hydrogens (tertiary/aromatic N) is 2. The lowest BCUT2D eigenvalue weighted by Crippen LogP contribution is -2.40. The molecule has 1 aliphatic rings. The Morgan fingerprint density at radius 2 is 2.11 bits per heavy atom. The van der Waals surface area contributed by atoms with Gasteiger partial charge in [-0.3, -0.25) is 0 Å². The van der Waals surface area contributed by atoms with E-state index in [0.29, 0.717) is 10.5 Å². The molecule has 2 unspecified atom stereocenters. The van der Waals surface area contributed by atoms with E-state index in [1.165, 1.54) is 16.4 Å². The topological polar surface area (TPSA) is 28.2 Å². The molecule has 0 spiro atoms. The van der Waals surface area contributed by atoms with Crippen molar-refractivity contribution in [1.82, 2.24) is 10.3 Å². The second kappa shape index (κ2) is 6.78. The lowest BCUT2D eigenvalue weighted by molar-refractivity contribution is 0.681. The molecular weight excluding hydrogens is 262 g/mol. The van der Waals surface area contributed by atoms with Crippen LogP contribution >= 0.6 is 23.1 Å². The summed E-state index contributed by atoms with van der Waals surface area (Å²) in [4.78, 5) is 8.37. The highest BCUT2D eigenvalue weighted by atomic mass is 32.2. The van der Waals surface area contributed by atoms with Gasteiger partial charge in [0.2, 0.25) is 0 Å². The summed E-state index contributed by atoms with van der Waals surface area (Å²) in [5.74, 6) is 0. The van der Waals surface area contributed by atoms with E-state index in [2.05, 4.69) is 47.7 Å². The van der Waals surface area contributed by atoms with Gasteiger partial charge < -0.3 is 10.2 Å². The van der Waals surface area contributed by atoms with Gasteiger partial charge in [-0.2, -0.15) is 11.8 Å². The first-order valence-electron chi connectivity index (χ1n) is 6.75. The fourth-order valence-electron chi connectivity index (χ4n) is 2.25. The van der Waals surface area contributed by atoms with E-state index < -0.39 is 0 Å². The molecule has 1 aliphatic heterocycles. The summed E-state index contributed by atoms with van der Waals surface area (Å²) in [6.07, 6.45) is 3.21. The maximum atomic E-state index is 4.58. The van der Waals surface area contributed by atoms with Crippen molar-refractivity contribution in [3.63, 3.8) is 0 Å². The quantitative estimate of drug-likeness (QED) is 0.842. The van der Waals surface area contributed by atoms with Crippen molar-refractivity contribution >= 4 is 28.2 Å². The lowest BCUT2D eigenvalue weighted by atomic mass is 10.3. The number of thiazole rings is 1. The average Bonchev–Trinajstić information content (AvgIpc) is 2.77. The molecule has 0 bridgehead atoms. The van der Waals surface area contributed by atoms with Crippen LogP contribution < -0.4 is 10.2 Å². The largest absolute Gasteiger partial charge is 0.346 e. The fraction of sp³-hybridized carbons (Fsp3) is 0.769. The van der Waals surface area contributed by atoms with Crippen LogP contribution in [0.4, 0.5) is 5.13 Å². The van der Waals surface area contributed by atoms with E-state index in [1.54, 1.807) is 0 Å². The number of anilines is 1. The summed E-state index contributed by atoms with van der Waals surface area (Å²) in [6, 6.07) is 0. The second-order valence-electron chi connectivity index (χ2n) is 4.95. The highest BCUT2D eigenvalue weighted by Gasteiger charge is 2.24. The summed E-state index contributed by atoms with van der Waals surface area (Å²) in [5, 5.41) is 6.04. The van der Waals surface area contributed by atoms with Crippen molar-refractivity contribution in [2.75, 3.05) is 24.5 Å². The third-order valence-electron chi connectivity index (χ3n) is 2.96. The molecule has 0 amide bonds. The van der Waals surface area contributed by atoms with Crippen molar-refractivity contribution in [3.8, 4) is 0 Å². The van der Waals surface area contributed by atoms with Gasteiger partial charge in [-0.25, -0.2) is 4.98 Å². The van der Waals surface area contributed by atoms with Gasteiger partial charge in [-0.05, 0) is 13.0 Å². The number of thioether (sulfide) groups is 1. The molecule has 3 nitrogen and oxygen atoms in total. The second-order valence-corrected chi connectivity index (χ2v) is 7.92.